The van der Waals surface area contributed by atoms with E-state index in [0.29, 0.717) is 18.1 Å². The number of nitrogens with zero attached hydrogens (tertiary/aromatic N) is 2. The Balaban J connectivity index is 2.80. The molecule has 1 fully saturated rings. The van der Waals surface area contributed by atoms with E-state index in [4.69, 9.17) is 4.74 Å². The monoisotopic (exact) mass is 340 g/mol. The number of ether oxygens (including phenoxy) is 1. The zero-order valence-electron chi connectivity index (χ0n) is 16.5. The highest BCUT2D eigenvalue weighted by atomic mass is 16.5. The van der Waals surface area contributed by atoms with Gasteiger partial charge in [0.1, 0.15) is 6.54 Å². The van der Waals surface area contributed by atoms with Crippen LogP contribution in [0.5, 0.6) is 0 Å². The van der Waals surface area contributed by atoms with Gasteiger partial charge in [0.15, 0.2) is 5.96 Å². The van der Waals surface area contributed by atoms with Gasteiger partial charge in [0.2, 0.25) is 5.91 Å². The fourth-order valence-corrected chi connectivity index (χ4v) is 3.39. The Bertz CT molecular complexity index is 431. The average Bonchev–Trinajstić information content (AvgIpc) is 2.53. The highest BCUT2D eigenvalue weighted by molar-refractivity contribution is 5.85. The van der Waals surface area contributed by atoms with Crippen LogP contribution in [-0.4, -0.2) is 63.2 Å². The van der Waals surface area contributed by atoms with E-state index in [-0.39, 0.29) is 17.9 Å². The van der Waals surface area contributed by atoms with Crippen LogP contribution >= 0.6 is 0 Å². The lowest BCUT2D eigenvalue weighted by molar-refractivity contribution is -0.127. The van der Waals surface area contributed by atoms with Gasteiger partial charge < -0.3 is 20.3 Å². The minimum absolute atomic E-state index is 0.00118. The molecule has 2 N–H and O–H groups in total. The van der Waals surface area contributed by atoms with Crippen LogP contribution in [0.2, 0.25) is 0 Å². The number of guanidine groups is 1. The Labute approximate surface area is 147 Å². The summed E-state index contributed by atoms with van der Waals surface area (Å²) in [6, 6.07) is 0.324. The van der Waals surface area contributed by atoms with Crippen LogP contribution in [0.25, 0.3) is 0 Å². The summed E-state index contributed by atoms with van der Waals surface area (Å²) in [6.45, 7) is 9.74. The van der Waals surface area contributed by atoms with Gasteiger partial charge in [0, 0.05) is 39.2 Å². The van der Waals surface area contributed by atoms with E-state index >= 15 is 0 Å². The molecule has 2 atom stereocenters. The number of rotatable bonds is 8. The zero-order chi connectivity index (χ0) is 18.3. The Morgan fingerprint density at radius 3 is 2.42 bits per heavy atom. The minimum atomic E-state index is 0.00118. The summed E-state index contributed by atoms with van der Waals surface area (Å²) in [5.41, 5.74) is 0.139. The molecule has 1 amide bonds. The normalized spacial score (nSPS) is 22.9. The standard InChI is InChI=1S/C18H36N4O2/c1-8-18(9-2)14(10-15(18)24-7)21-17(19-11-13(3)4)20-12-16(23)22(5)6/h13-15H,8-12H2,1-7H3,(H2,19,20,21). The molecule has 6 nitrogen and oxygen atoms in total. The molecule has 24 heavy (non-hydrogen) atoms. The van der Waals surface area contributed by atoms with E-state index in [0.717, 1.165) is 31.8 Å². The first-order chi connectivity index (χ1) is 11.3. The molecule has 0 aliphatic heterocycles. The van der Waals surface area contributed by atoms with Crippen LogP contribution < -0.4 is 10.6 Å². The molecule has 140 valence electrons. The van der Waals surface area contributed by atoms with E-state index < -0.39 is 0 Å². The second-order valence-electron chi connectivity index (χ2n) is 7.32. The lowest BCUT2D eigenvalue weighted by atomic mass is 9.58. The van der Waals surface area contributed by atoms with E-state index in [1.54, 1.807) is 26.1 Å². The lowest BCUT2D eigenvalue weighted by Crippen LogP contribution is -2.65. The minimum Gasteiger partial charge on any atom is -0.381 e. The summed E-state index contributed by atoms with van der Waals surface area (Å²) in [7, 11) is 5.30. The molecule has 1 aliphatic carbocycles. The molecule has 0 spiro atoms. The van der Waals surface area contributed by atoms with Crippen molar-refractivity contribution in [1.29, 1.82) is 0 Å². The Morgan fingerprint density at radius 2 is 1.96 bits per heavy atom. The number of likely N-dealkylation sites (N-methyl/N-ethyl adjacent to an activating group) is 1. The average molecular weight is 341 g/mol. The number of hydrogen-bond acceptors (Lipinski definition) is 3. The van der Waals surface area contributed by atoms with Crippen molar-refractivity contribution in [2.24, 2.45) is 16.3 Å². The Morgan fingerprint density at radius 1 is 1.33 bits per heavy atom. The zero-order valence-corrected chi connectivity index (χ0v) is 16.5. The highest BCUT2D eigenvalue weighted by Gasteiger charge is 2.53. The van der Waals surface area contributed by atoms with Crippen LogP contribution in [0, 0.1) is 11.3 Å². The molecule has 0 radical (unpaired) electrons. The second-order valence-corrected chi connectivity index (χ2v) is 7.32. The van der Waals surface area contributed by atoms with Gasteiger partial charge in [-0.15, -0.1) is 0 Å². The van der Waals surface area contributed by atoms with Gasteiger partial charge in [-0.3, -0.25) is 4.79 Å². The number of hydrogen-bond donors (Lipinski definition) is 2. The van der Waals surface area contributed by atoms with Gasteiger partial charge in [-0.05, 0) is 25.2 Å². The van der Waals surface area contributed by atoms with E-state index in [1.807, 2.05) is 0 Å². The van der Waals surface area contributed by atoms with Gasteiger partial charge in [0.25, 0.3) is 0 Å². The predicted octanol–water partition coefficient (Wildman–Crippen LogP) is 1.86. The largest absolute Gasteiger partial charge is 0.381 e. The third-order valence-electron chi connectivity index (χ3n) is 5.25. The number of nitrogens with one attached hydrogen (secondary N) is 2. The first kappa shape index (κ1) is 20.7. The van der Waals surface area contributed by atoms with Crippen LogP contribution in [-0.2, 0) is 9.53 Å². The first-order valence-corrected chi connectivity index (χ1v) is 9.08. The third-order valence-corrected chi connectivity index (χ3v) is 5.25. The Hall–Kier alpha value is -1.30. The quantitative estimate of drug-likeness (QED) is 0.523. The topological polar surface area (TPSA) is 66.0 Å². The SMILES string of the molecule is CCC1(CC)C(NC(=NCC(=O)N(C)C)NCC(C)C)CC1OC. The van der Waals surface area contributed by atoms with Gasteiger partial charge in [-0.25, -0.2) is 4.99 Å². The summed E-state index contributed by atoms with van der Waals surface area (Å²) in [5, 5.41) is 6.91. The van der Waals surface area contributed by atoms with Gasteiger partial charge in [-0.2, -0.15) is 0 Å². The second kappa shape index (κ2) is 9.25. The Kier molecular flexibility index (Phi) is 8.00. The molecule has 0 heterocycles. The number of methoxy groups -OCH3 is 1. The molecule has 1 rings (SSSR count). The smallest absolute Gasteiger partial charge is 0.243 e. The highest BCUT2D eigenvalue weighted by Crippen LogP contribution is 2.48. The van der Waals surface area contributed by atoms with Crippen molar-refractivity contribution < 1.29 is 9.53 Å². The van der Waals surface area contributed by atoms with Gasteiger partial charge >= 0.3 is 0 Å². The summed E-state index contributed by atoms with van der Waals surface area (Å²) in [5.74, 6) is 1.24. The van der Waals surface area contributed by atoms with E-state index in [9.17, 15) is 4.79 Å². The number of carbonyl (C=O) groups is 1. The van der Waals surface area contributed by atoms with Crippen molar-refractivity contribution in [1.82, 2.24) is 15.5 Å². The number of carbonyl (C=O) groups excluding carboxylic acids is 1. The maximum Gasteiger partial charge on any atom is 0.243 e. The molecule has 1 aliphatic rings. The van der Waals surface area contributed by atoms with Crippen molar-refractivity contribution in [3.63, 3.8) is 0 Å². The molecule has 2 unspecified atom stereocenters. The van der Waals surface area contributed by atoms with Crippen molar-refractivity contribution >= 4 is 11.9 Å². The van der Waals surface area contributed by atoms with E-state index in [1.165, 1.54) is 0 Å². The molecule has 0 aromatic rings. The molecule has 0 saturated heterocycles. The first-order valence-electron chi connectivity index (χ1n) is 9.08. The van der Waals surface area contributed by atoms with Crippen molar-refractivity contribution in [3.8, 4) is 0 Å². The number of amides is 1. The van der Waals surface area contributed by atoms with Crippen molar-refractivity contribution in [2.75, 3.05) is 34.3 Å². The van der Waals surface area contributed by atoms with Gasteiger partial charge in [-0.1, -0.05) is 27.7 Å². The molecule has 0 bridgehead atoms. The van der Waals surface area contributed by atoms with Crippen LogP contribution in [0.3, 0.4) is 0 Å². The lowest BCUT2D eigenvalue weighted by Gasteiger charge is -2.55. The molecular formula is C18H36N4O2. The summed E-state index contributed by atoms with van der Waals surface area (Å²) in [6.07, 6.45) is 3.39. The van der Waals surface area contributed by atoms with Crippen LogP contribution in [0.1, 0.15) is 47.0 Å². The molecule has 6 heteroatoms. The van der Waals surface area contributed by atoms with Crippen LogP contribution in [0.15, 0.2) is 4.99 Å². The summed E-state index contributed by atoms with van der Waals surface area (Å²) < 4.78 is 5.66. The van der Waals surface area contributed by atoms with Crippen molar-refractivity contribution in [3.05, 3.63) is 0 Å². The number of aliphatic imine (C=N–C) groups is 1. The fourth-order valence-electron chi connectivity index (χ4n) is 3.39. The molecule has 1 saturated carbocycles. The summed E-state index contributed by atoms with van der Waals surface area (Å²) in [4.78, 5) is 17.9. The predicted molar refractivity (Wildman–Crippen MR) is 99.2 cm³/mol. The van der Waals surface area contributed by atoms with E-state index in [2.05, 4.69) is 43.3 Å². The maximum atomic E-state index is 11.8. The molecule has 0 aromatic carbocycles. The van der Waals surface area contributed by atoms with Crippen molar-refractivity contribution in [2.45, 2.75) is 59.1 Å². The fraction of sp³-hybridized carbons (Fsp3) is 0.889. The molecule has 0 aromatic heterocycles. The molecular weight excluding hydrogens is 304 g/mol. The van der Waals surface area contributed by atoms with Crippen LogP contribution in [0.4, 0.5) is 0 Å². The van der Waals surface area contributed by atoms with Gasteiger partial charge in [0.05, 0.1) is 6.10 Å². The third kappa shape index (κ3) is 4.85. The maximum absolute atomic E-state index is 11.8. The summed E-state index contributed by atoms with van der Waals surface area (Å²) >= 11 is 0.